The standard InChI is InChI=1S/C17H19FN6O/c18-13-3-1-12(2-4-13)14(24-5-7-25-8-6-24)9-19-16-15-17(21-10-20-15)23-11-22-16/h1-4,10-11,14H,5-9H2,(H2,19,20,21,22,23)/t14-/m1/s1. The van der Waals surface area contributed by atoms with Crippen LogP contribution in [0.4, 0.5) is 10.2 Å². The molecule has 130 valence electrons. The number of anilines is 1. The lowest BCUT2D eigenvalue weighted by molar-refractivity contribution is 0.0187. The fourth-order valence-electron chi connectivity index (χ4n) is 3.12. The largest absolute Gasteiger partial charge is 0.379 e. The quantitative estimate of drug-likeness (QED) is 0.738. The topological polar surface area (TPSA) is 79.0 Å². The van der Waals surface area contributed by atoms with Gasteiger partial charge in [0.15, 0.2) is 11.5 Å². The molecule has 2 aromatic heterocycles. The maximum absolute atomic E-state index is 13.3. The Morgan fingerprint density at radius 1 is 1.16 bits per heavy atom. The Bertz CT molecular complexity index is 831. The molecule has 25 heavy (non-hydrogen) atoms. The van der Waals surface area contributed by atoms with Crippen LogP contribution in [0, 0.1) is 5.82 Å². The summed E-state index contributed by atoms with van der Waals surface area (Å²) in [4.78, 5) is 18.0. The number of halogens is 1. The average Bonchev–Trinajstić information content (AvgIpc) is 3.14. The summed E-state index contributed by atoms with van der Waals surface area (Å²) in [6.07, 6.45) is 3.09. The smallest absolute Gasteiger partial charge is 0.182 e. The van der Waals surface area contributed by atoms with Gasteiger partial charge >= 0.3 is 0 Å². The molecule has 7 nitrogen and oxygen atoms in total. The molecule has 0 radical (unpaired) electrons. The predicted molar refractivity (Wildman–Crippen MR) is 91.7 cm³/mol. The minimum atomic E-state index is -0.229. The highest BCUT2D eigenvalue weighted by Crippen LogP contribution is 2.24. The third-order valence-electron chi connectivity index (χ3n) is 4.43. The van der Waals surface area contributed by atoms with Crippen LogP contribution in [0.1, 0.15) is 11.6 Å². The summed E-state index contributed by atoms with van der Waals surface area (Å²) in [7, 11) is 0. The Hall–Kier alpha value is -2.58. The fourth-order valence-corrected chi connectivity index (χ4v) is 3.12. The highest BCUT2D eigenvalue weighted by Gasteiger charge is 2.23. The highest BCUT2D eigenvalue weighted by molar-refractivity contribution is 5.81. The molecule has 0 amide bonds. The summed E-state index contributed by atoms with van der Waals surface area (Å²) in [5.74, 6) is 0.482. The summed E-state index contributed by atoms with van der Waals surface area (Å²) in [6, 6.07) is 6.77. The highest BCUT2D eigenvalue weighted by atomic mass is 19.1. The van der Waals surface area contributed by atoms with Crippen LogP contribution in [0.3, 0.4) is 0 Å². The monoisotopic (exact) mass is 342 g/mol. The number of fused-ring (bicyclic) bond motifs is 1. The number of nitrogens with zero attached hydrogens (tertiary/aromatic N) is 4. The third kappa shape index (κ3) is 3.45. The first-order chi connectivity index (χ1) is 12.3. The van der Waals surface area contributed by atoms with Gasteiger partial charge in [0.1, 0.15) is 17.7 Å². The summed E-state index contributed by atoms with van der Waals surface area (Å²) >= 11 is 0. The minimum absolute atomic E-state index is 0.0948. The van der Waals surface area contributed by atoms with Crippen LogP contribution in [-0.4, -0.2) is 57.7 Å². The van der Waals surface area contributed by atoms with Crippen molar-refractivity contribution < 1.29 is 9.13 Å². The number of aromatic nitrogens is 4. The van der Waals surface area contributed by atoms with Crippen LogP contribution in [0.5, 0.6) is 0 Å². The van der Waals surface area contributed by atoms with Crippen molar-refractivity contribution in [1.29, 1.82) is 0 Å². The SMILES string of the molecule is Fc1ccc([C@@H](CNc2ncnc3nc[nH]c23)N2CCOCC2)cc1. The molecule has 2 N–H and O–H groups in total. The lowest BCUT2D eigenvalue weighted by Gasteiger charge is -2.35. The van der Waals surface area contributed by atoms with Crippen molar-refractivity contribution >= 4 is 17.0 Å². The molecule has 1 aromatic carbocycles. The molecule has 4 rings (SSSR count). The molecule has 8 heteroatoms. The zero-order valence-corrected chi connectivity index (χ0v) is 13.7. The van der Waals surface area contributed by atoms with Crippen molar-refractivity contribution in [3.63, 3.8) is 0 Å². The van der Waals surface area contributed by atoms with Crippen LogP contribution >= 0.6 is 0 Å². The summed E-state index contributed by atoms with van der Waals surface area (Å²) < 4.78 is 18.8. The van der Waals surface area contributed by atoms with Crippen molar-refractivity contribution in [3.8, 4) is 0 Å². The van der Waals surface area contributed by atoms with Crippen LogP contribution in [0.2, 0.25) is 0 Å². The zero-order chi connectivity index (χ0) is 17.1. The van der Waals surface area contributed by atoms with Gasteiger partial charge in [0.2, 0.25) is 0 Å². The number of aromatic amines is 1. The van der Waals surface area contributed by atoms with Gasteiger partial charge in [-0.25, -0.2) is 19.3 Å². The van der Waals surface area contributed by atoms with Gasteiger partial charge in [-0.3, -0.25) is 4.90 Å². The van der Waals surface area contributed by atoms with Crippen molar-refractivity contribution in [3.05, 3.63) is 48.3 Å². The van der Waals surface area contributed by atoms with Crippen LogP contribution in [-0.2, 0) is 4.74 Å². The van der Waals surface area contributed by atoms with E-state index in [0.29, 0.717) is 31.2 Å². The van der Waals surface area contributed by atoms with Crippen LogP contribution in [0.15, 0.2) is 36.9 Å². The summed E-state index contributed by atoms with van der Waals surface area (Å²) in [5, 5.41) is 3.39. The van der Waals surface area contributed by atoms with Gasteiger partial charge in [-0.05, 0) is 17.7 Å². The van der Waals surface area contributed by atoms with Gasteiger partial charge in [0.05, 0.1) is 25.6 Å². The number of imidazole rings is 1. The fraction of sp³-hybridized carbons (Fsp3) is 0.353. The van der Waals surface area contributed by atoms with Gasteiger partial charge < -0.3 is 15.0 Å². The van der Waals surface area contributed by atoms with Gasteiger partial charge in [-0.2, -0.15) is 0 Å². The molecule has 1 fully saturated rings. The first-order valence-corrected chi connectivity index (χ1v) is 8.26. The van der Waals surface area contributed by atoms with E-state index in [1.54, 1.807) is 6.33 Å². The normalized spacial score (nSPS) is 16.8. The lowest BCUT2D eigenvalue weighted by atomic mass is 10.0. The molecule has 0 bridgehead atoms. The number of hydrogen-bond acceptors (Lipinski definition) is 6. The zero-order valence-electron chi connectivity index (χ0n) is 13.7. The summed E-state index contributed by atoms with van der Waals surface area (Å²) in [6.45, 7) is 3.72. The number of ether oxygens (including phenoxy) is 1. The van der Waals surface area contributed by atoms with E-state index < -0.39 is 0 Å². The van der Waals surface area contributed by atoms with Gasteiger partial charge in [-0.15, -0.1) is 0 Å². The molecule has 1 aliphatic heterocycles. The Morgan fingerprint density at radius 3 is 2.76 bits per heavy atom. The van der Waals surface area contributed by atoms with Crippen LogP contribution < -0.4 is 5.32 Å². The number of rotatable bonds is 5. The summed E-state index contributed by atoms with van der Waals surface area (Å²) in [5.41, 5.74) is 2.47. The van der Waals surface area contributed by atoms with Gasteiger partial charge in [0, 0.05) is 19.6 Å². The first-order valence-electron chi connectivity index (χ1n) is 8.26. The molecule has 0 spiro atoms. The second-order valence-electron chi connectivity index (χ2n) is 5.92. The molecular weight excluding hydrogens is 323 g/mol. The van der Waals surface area contributed by atoms with Gasteiger partial charge in [0.25, 0.3) is 0 Å². The van der Waals surface area contributed by atoms with Crippen molar-refractivity contribution in [2.24, 2.45) is 0 Å². The number of morpholine rings is 1. The second kappa shape index (κ2) is 7.12. The van der Waals surface area contributed by atoms with Crippen molar-refractivity contribution in [2.45, 2.75) is 6.04 Å². The van der Waals surface area contributed by atoms with E-state index in [4.69, 9.17) is 4.74 Å². The van der Waals surface area contributed by atoms with E-state index in [0.717, 1.165) is 24.2 Å². The lowest BCUT2D eigenvalue weighted by Crippen LogP contribution is -2.41. The minimum Gasteiger partial charge on any atom is -0.379 e. The maximum atomic E-state index is 13.3. The number of H-pyrrole nitrogens is 1. The molecule has 0 saturated carbocycles. The molecule has 3 heterocycles. The number of nitrogens with one attached hydrogen (secondary N) is 2. The van der Waals surface area contributed by atoms with E-state index in [-0.39, 0.29) is 11.9 Å². The molecule has 3 aromatic rings. The van der Waals surface area contributed by atoms with E-state index in [1.807, 2.05) is 12.1 Å². The predicted octanol–water partition coefficient (Wildman–Crippen LogP) is 1.98. The van der Waals surface area contributed by atoms with E-state index >= 15 is 0 Å². The number of hydrogen-bond donors (Lipinski definition) is 2. The Balaban J connectivity index is 1.57. The molecule has 1 saturated heterocycles. The van der Waals surface area contributed by atoms with E-state index in [2.05, 4.69) is 30.2 Å². The van der Waals surface area contributed by atoms with E-state index in [9.17, 15) is 4.39 Å². The Labute approximate surface area is 144 Å². The second-order valence-corrected chi connectivity index (χ2v) is 5.92. The number of benzene rings is 1. The third-order valence-corrected chi connectivity index (χ3v) is 4.43. The molecule has 1 atom stereocenters. The van der Waals surface area contributed by atoms with E-state index in [1.165, 1.54) is 18.5 Å². The average molecular weight is 342 g/mol. The Kier molecular flexibility index (Phi) is 4.53. The molecule has 0 aliphatic carbocycles. The van der Waals surface area contributed by atoms with Crippen LogP contribution in [0.25, 0.3) is 11.2 Å². The molecule has 0 unspecified atom stereocenters. The van der Waals surface area contributed by atoms with Crippen molar-refractivity contribution in [2.75, 3.05) is 38.2 Å². The Morgan fingerprint density at radius 2 is 1.96 bits per heavy atom. The molecule has 1 aliphatic rings. The molecular formula is C17H19FN6O. The van der Waals surface area contributed by atoms with Crippen molar-refractivity contribution in [1.82, 2.24) is 24.8 Å². The van der Waals surface area contributed by atoms with Gasteiger partial charge in [-0.1, -0.05) is 12.1 Å². The first kappa shape index (κ1) is 15.9. The maximum Gasteiger partial charge on any atom is 0.182 e.